The van der Waals surface area contributed by atoms with Gasteiger partial charge in [0.25, 0.3) is 0 Å². The van der Waals surface area contributed by atoms with E-state index in [4.69, 9.17) is 11.6 Å². The van der Waals surface area contributed by atoms with E-state index in [1.54, 1.807) is 12.1 Å². The minimum absolute atomic E-state index is 0.113. The van der Waals surface area contributed by atoms with Crippen molar-refractivity contribution in [2.75, 3.05) is 6.54 Å². The fourth-order valence-corrected chi connectivity index (χ4v) is 4.04. The van der Waals surface area contributed by atoms with Crippen molar-refractivity contribution in [3.05, 3.63) is 40.3 Å². The van der Waals surface area contributed by atoms with Crippen LogP contribution in [0, 0.1) is 0 Å². The summed E-state index contributed by atoms with van der Waals surface area (Å²) in [5.74, 6) is 0. The molecule has 0 bridgehead atoms. The first-order chi connectivity index (χ1) is 8.46. The van der Waals surface area contributed by atoms with Crippen LogP contribution in [0.4, 0.5) is 0 Å². The van der Waals surface area contributed by atoms with Gasteiger partial charge in [-0.1, -0.05) is 17.7 Å². The smallest absolute Gasteiger partial charge is 0.207 e. The highest BCUT2D eigenvalue weighted by atomic mass is 79.9. The maximum absolute atomic E-state index is 12.5. The molecule has 1 saturated carbocycles. The summed E-state index contributed by atoms with van der Waals surface area (Å²) in [6, 6.07) is 4.76. The zero-order valence-corrected chi connectivity index (χ0v) is 12.8. The number of hydrogen-bond acceptors (Lipinski definition) is 2. The van der Waals surface area contributed by atoms with Gasteiger partial charge in [0.05, 0.1) is 9.92 Å². The third-order valence-electron chi connectivity index (χ3n) is 2.76. The zero-order valence-electron chi connectivity index (χ0n) is 9.64. The highest BCUT2D eigenvalue weighted by Gasteiger charge is 2.37. The number of benzene rings is 1. The van der Waals surface area contributed by atoms with E-state index in [2.05, 4.69) is 22.5 Å². The van der Waals surface area contributed by atoms with Gasteiger partial charge in [0.15, 0.2) is 0 Å². The summed E-state index contributed by atoms with van der Waals surface area (Å²) in [6.07, 6.45) is 3.45. The first-order valence-electron chi connectivity index (χ1n) is 5.54. The van der Waals surface area contributed by atoms with Crippen molar-refractivity contribution in [1.82, 2.24) is 4.31 Å². The van der Waals surface area contributed by atoms with Crippen LogP contribution >= 0.6 is 27.5 Å². The molecule has 0 aliphatic heterocycles. The Hall–Kier alpha value is -0.360. The van der Waals surface area contributed by atoms with E-state index >= 15 is 0 Å². The van der Waals surface area contributed by atoms with Crippen molar-refractivity contribution < 1.29 is 8.42 Å². The van der Waals surface area contributed by atoms with Crippen LogP contribution in [0.1, 0.15) is 12.8 Å². The van der Waals surface area contributed by atoms with Gasteiger partial charge in [-0.05, 0) is 47.0 Å². The Labute approximate surface area is 121 Å². The predicted molar refractivity (Wildman–Crippen MR) is 76.3 cm³/mol. The highest BCUT2D eigenvalue weighted by molar-refractivity contribution is 9.10. The largest absolute Gasteiger partial charge is 0.243 e. The Bertz CT molecular complexity index is 569. The van der Waals surface area contributed by atoms with Crippen LogP contribution in [0.15, 0.2) is 40.2 Å². The number of sulfonamides is 1. The maximum Gasteiger partial charge on any atom is 0.243 e. The van der Waals surface area contributed by atoms with E-state index in [0.29, 0.717) is 16.0 Å². The van der Waals surface area contributed by atoms with E-state index in [1.807, 2.05) is 0 Å². The van der Waals surface area contributed by atoms with Crippen LogP contribution in [-0.2, 0) is 10.0 Å². The second kappa shape index (κ2) is 5.33. The van der Waals surface area contributed by atoms with E-state index in [9.17, 15) is 8.42 Å². The van der Waals surface area contributed by atoms with Crippen LogP contribution in [-0.4, -0.2) is 25.3 Å². The molecule has 1 aromatic rings. The lowest BCUT2D eigenvalue weighted by Gasteiger charge is -2.20. The van der Waals surface area contributed by atoms with Gasteiger partial charge < -0.3 is 0 Å². The summed E-state index contributed by atoms with van der Waals surface area (Å²) in [6.45, 7) is 3.95. The zero-order chi connectivity index (χ0) is 13.3. The fourth-order valence-electron chi connectivity index (χ4n) is 1.71. The molecular weight excluding hydrogens is 338 g/mol. The molecule has 18 heavy (non-hydrogen) atoms. The Morgan fingerprint density at radius 1 is 1.50 bits per heavy atom. The molecule has 2 rings (SSSR count). The summed E-state index contributed by atoms with van der Waals surface area (Å²) >= 11 is 9.12. The molecule has 6 heteroatoms. The topological polar surface area (TPSA) is 37.4 Å². The SMILES string of the molecule is C=CCN(C1CC1)S(=O)(=O)c1ccc(Cl)c(Br)c1. The molecule has 0 aromatic heterocycles. The normalized spacial score (nSPS) is 15.9. The van der Waals surface area contributed by atoms with E-state index in [0.717, 1.165) is 12.8 Å². The molecular formula is C12H13BrClNO2S. The molecule has 3 nitrogen and oxygen atoms in total. The quantitative estimate of drug-likeness (QED) is 0.763. The molecule has 1 aliphatic carbocycles. The third-order valence-corrected chi connectivity index (χ3v) is 5.89. The van der Waals surface area contributed by atoms with Gasteiger partial charge in [-0.25, -0.2) is 8.42 Å². The van der Waals surface area contributed by atoms with Gasteiger partial charge in [-0.2, -0.15) is 4.31 Å². The van der Waals surface area contributed by atoms with Crippen LogP contribution in [0.2, 0.25) is 5.02 Å². The standard InChI is InChI=1S/C12H13BrClNO2S/c1-2-7-15(9-3-4-9)18(16,17)10-5-6-12(14)11(13)8-10/h2,5-6,8-9H,1,3-4,7H2. The molecule has 0 N–H and O–H groups in total. The lowest BCUT2D eigenvalue weighted by Crippen LogP contribution is -2.33. The van der Waals surface area contributed by atoms with E-state index < -0.39 is 10.0 Å². The summed E-state index contributed by atoms with van der Waals surface area (Å²) < 4.78 is 27.0. The highest BCUT2D eigenvalue weighted by Crippen LogP contribution is 2.33. The molecule has 0 heterocycles. The van der Waals surface area contributed by atoms with Crippen molar-refractivity contribution in [2.24, 2.45) is 0 Å². The number of nitrogens with zero attached hydrogens (tertiary/aromatic N) is 1. The molecule has 1 fully saturated rings. The molecule has 0 amide bonds. The monoisotopic (exact) mass is 349 g/mol. The van der Waals surface area contributed by atoms with E-state index in [-0.39, 0.29) is 10.9 Å². The molecule has 98 valence electrons. The van der Waals surface area contributed by atoms with Gasteiger partial charge in [0.2, 0.25) is 10.0 Å². The van der Waals surface area contributed by atoms with Crippen molar-refractivity contribution in [3.63, 3.8) is 0 Å². The Morgan fingerprint density at radius 3 is 2.67 bits per heavy atom. The summed E-state index contributed by atoms with van der Waals surface area (Å²) in [5.41, 5.74) is 0. The summed E-state index contributed by atoms with van der Waals surface area (Å²) in [7, 11) is -3.47. The van der Waals surface area contributed by atoms with Crippen LogP contribution in [0.5, 0.6) is 0 Å². The fraction of sp³-hybridized carbons (Fsp3) is 0.333. The average Bonchev–Trinajstić information content (AvgIpc) is 3.13. The van der Waals surface area contributed by atoms with Gasteiger partial charge in [-0.3, -0.25) is 0 Å². The Balaban J connectivity index is 2.39. The predicted octanol–water partition coefficient (Wildman–Crippen LogP) is 3.44. The lowest BCUT2D eigenvalue weighted by molar-refractivity contribution is 0.436. The first kappa shape index (κ1) is 14.1. The summed E-state index contributed by atoms with van der Waals surface area (Å²) in [5, 5.41) is 0.496. The number of rotatable bonds is 5. The third kappa shape index (κ3) is 2.79. The number of halogens is 2. The molecule has 0 saturated heterocycles. The average molecular weight is 351 g/mol. The van der Waals surface area contributed by atoms with E-state index in [1.165, 1.54) is 16.4 Å². The van der Waals surface area contributed by atoms with Crippen molar-refractivity contribution in [3.8, 4) is 0 Å². The lowest BCUT2D eigenvalue weighted by atomic mass is 10.4. The molecule has 0 atom stereocenters. The van der Waals surface area contributed by atoms with Crippen molar-refractivity contribution in [2.45, 2.75) is 23.8 Å². The number of hydrogen-bond donors (Lipinski definition) is 0. The van der Waals surface area contributed by atoms with Crippen molar-refractivity contribution in [1.29, 1.82) is 0 Å². The molecule has 0 spiro atoms. The molecule has 1 aromatic carbocycles. The summed E-state index contributed by atoms with van der Waals surface area (Å²) in [4.78, 5) is 0.257. The molecule has 0 radical (unpaired) electrons. The maximum atomic E-state index is 12.5. The minimum Gasteiger partial charge on any atom is -0.207 e. The van der Waals surface area contributed by atoms with Crippen LogP contribution in [0.25, 0.3) is 0 Å². The van der Waals surface area contributed by atoms with Crippen molar-refractivity contribution >= 4 is 37.6 Å². The van der Waals surface area contributed by atoms with Gasteiger partial charge in [-0.15, -0.1) is 6.58 Å². The second-order valence-corrected chi connectivity index (χ2v) is 7.32. The Morgan fingerprint density at radius 2 is 2.17 bits per heavy atom. The first-order valence-corrected chi connectivity index (χ1v) is 8.15. The molecule has 1 aliphatic rings. The van der Waals surface area contributed by atoms with Gasteiger partial charge >= 0.3 is 0 Å². The van der Waals surface area contributed by atoms with Gasteiger partial charge in [0.1, 0.15) is 0 Å². The van der Waals surface area contributed by atoms with Crippen LogP contribution < -0.4 is 0 Å². The second-order valence-electron chi connectivity index (χ2n) is 4.17. The minimum atomic E-state index is -3.47. The Kier molecular flexibility index (Phi) is 4.16. The van der Waals surface area contributed by atoms with Gasteiger partial charge in [0, 0.05) is 17.1 Å². The van der Waals surface area contributed by atoms with Crippen LogP contribution in [0.3, 0.4) is 0 Å². The molecule has 0 unspecified atom stereocenters.